The van der Waals surface area contributed by atoms with Gasteiger partial charge >= 0.3 is 6.18 Å². The number of hydrogen-bond donors (Lipinski definition) is 0. The minimum atomic E-state index is -4.85. The molecule has 1 aromatic rings. The van der Waals surface area contributed by atoms with Gasteiger partial charge in [0.1, 0.15) is 0 Å². The van der Waals surface area contributed by atoms with Crippen molar-refractivity contribution in [2.24, 2.45) is 0 Å². The van der Waals surface area contributed by atoms with Crippen molar-refractivity contribution in [3.05, 3.63) is 11.7 Å². The number of alkyl halides is 3. The van der Waals surface area contributed by atoms with Crippen LogP contribution in [0.3, 0.4) is 0 Å². The summed E-state index contributed by atoms with van der Waals surface area (Å²) in [6.07, 6.45) is -3.45. The molecule has 90 valence electrons. The molecule has 0 amide bonds. The Hall–Kier alpha value is -1.40. The summed E-state index contributed by atoms with van der Waals surface area (Å²) in [7, 11) is 0. The van der Waals surface area contributed by atoms with Crippen LogP contribution in [0.4, 0.5) is 13.2 Å². The second kappa shape index (κ2) is 5.09. The Morgan fingerprint density at radius 1 is 1.44 bits per heavy atom. The molecule has 0 unspecified atom stereocenters. The van der Waals surface area contributed by atoms with E-state index in [4.69, 9.17) is 0 Å². The topological polar surface area (TPSA) is 56.0 Å². The summed E-state index contributed by atoms with van der Waals surface area (Å²) in [5.74, 6) is -1.82. The number of nitrogens with zero attached hydrogens (tertiary/aromatic N) is 2. The lowest BCUT2D eigenvalue weighted by atomic mass is 10.2. The molecule has 4 nitrogen and oxygen atoms in total. The lowest BCUT2D eigenvalue weighted by Crippen LogP contribution is -2.24. The maximum atomic E-state index is 11.9. The van der Waals surface area contributed by atoms with Crippen molar-refractivity contribution >= 4 is 5.78 Å². The number of hydrogen-bond acceptors (Lipinski definition) is 4. The number of carbonyl (C=O) groups is 1. The quantitative estimate of drug-likeness (QED) is 0.785. The fraction of sp³-hybridized carbons (Fsp3) is 0.667. The zero-order valence-electron chi connectivity index (χ0n) is 8.67. The molecule has 0 aliphatic heterocycles. The normalized spacial score (nSPS) is 11.8. The molecule has 0 aromatic carbocycles. The second-order valence-electron chi connectivity index (χ2n) is 3.31. The van der Waals surface area contributed by atoms with Gasteiger partial charge in [0.05, 0.1) is 6.42 Å². The molecule has 0 spiro atoms. The molecule has 0 atom stereocenters. The lowest BCUT2D eigenvalue weighted by Gasteiger charge is -2.00. The number of halogens is 3. The molecule has 7 heteroatoms. The van der Waals surface area contributed by atoms with Crippen molar-refractivity contribution in [3.8, 4) is 0 Å². The first-order valence-corrected chi connectivity index (χ1v) is 4.85. The molecule has 16 heavy (non-hydrogen) atoms. The van der Waals surface area contributed by atoms with Gasteiger partial charge in [0.25, 0.3) is 0 Å². The van der Waals surface area contributed by atoms with Gasteiger partial charge in [-0.25, -0.2) is 0 Å². The van der Waals surface area contributed by atoms with Crippen molar-refractivity contribution in [1.29, 1.82) is 0 Å². The monoisotopic (exact) mass is 236 g/mol. The van der Waals surface area contributed by atoms with Crippen LogP contribution in [0.2, 0.25) is 0 Å². The van der Waals surface area contributed by atoms with E-state index in [0.717, 1.165) is 12.8 Å². The maximum absolute atomic E-state index is 11.9. The molecular weight excluding hydrogens is 225 g/mol. The number of carbonyl (C=O) groups excluding carboxylic acids is 1. The SMILES string of the molecule is CCCCc1noc(CC(=O)C(F)(F)F)n1. The fourth-order valence-corrected chi connectivity index (χ4v) is 1.04. The van der Waals surface area contributed by atoms with Gasteiger partial charge in [-0.3, -0.25) is 4.79 Å². The molecule has 0 fully saturated rings. The highest BCUT2D eigenvalue weighted by Crippen LogP contribution is 2.18. The predicted octanol–water partition coefficient (Wildman–Crippen LogP) is 2.09. The molecule has 0 aliphatic rings. The van der Waals surface area contributed by atoms with Crippen LogP contribution >= 0.6 is 0 Å². The summed E-state index contributed by atoms with van der Waals surface area (Å²) >= 11 is 0. The van der Waals surface area contributed by atoms with Crippen LogP contribution in [0.1, 0.15) is 31.5 Å². The number of aromatic nitrogens is 2. The summed E-state index contributed by atoms with van der Waals surface area (Å²) in [5, 5.41) is 3.48. The van der Waals surface area contributed by atoms with E-state index < -0.39 is 18.4 Å². The highest BCUT2D eigenvalue weighted by molar-refractivity contribution is 5.85. The van der Waals surface area contributed by atoms with Crippen molar-refractivity contribution in [3.63, 3.8) is 0 Å². The molecule has 0 N–H and O–H groups in total. The predicted molar refractivity (Wildman–Crippen MR) is 47.7 cm³/mol. The highest BCUT2D eigenvalue weighted by atomic mass is 19.4. The van der Waals surface area contributed by atoms with Gasteiger partial charge in [0.2, 0.25) is 11.7 Å². The molecule has 0 bridgehead atoms. The fourth-order valence-electron chi connectivity index (χ4n) is 1.04. The van der Waals surface area contributed by atoms with Crippen molar-refractivity contribution in [1.82, 2.24) is 10.1 Å². The van der Waals surface area contributed by atoms with E-state index in [1.807, 2.05) is 6.92 Å². The average molecular weight is 236 g/mol. The standard InChI is InChI=1S/C9H11F3N2O2/c1-2-3-4-7-13-8(16-14-7)5-6(15)9(10,11)12/h2-5H2,1H3. The number of ketones is 1. The van der Waals surface area contributed by atoms with Gasteiger partial charge in [-0.05, 0) is 6.42 Å². The van der Waals surface area contributed by atoms with Crippen LogP contribution in [0, 0.1) is 0 Å². The first-order valence-electron chi connectivity index (χ1n) is 4.85. The summed E-state index contributed by atoms with van der Waals surface area (Å²) in [6, 6.07) is 0. The Morgan fingerprint density at radius 3 is 2.69 bits per heavy atom. The summed E-state index contributed by atoms with van der Waals surface area (Å²) in [4.78, 5) is 14.3. The third-order valence-corrected chi connectivity index (χ3v) is 1.89. The van der Waals surface area contributed by atoms with Crippen LogP contribution in [-0.4, -0.2) is 22.1 Å². The van der Waals surface area contributed by atoms with Gasteiger partial charge in [0, 0.05) is 6.42 Å². The van der Waals surface area contributed by atoms with Gasteiger partial charge in [0.15, 0.2) is 5.82 Å². The Balaban J connectivity index is 2.55. The van der Waals surface area contributed by atoms with E-state index >= 15 is 0 Å². The van der Waals surface area contributed by atoms with Crippen molar-refractivity contribution in [2.45, 2.75) is 38.8 Å². The Bertz CT molecular complexity index is 360. The minimum Gasteiger partial charge on any atom is -0.339 e. The van der Waals surface area contributed by atoms with E-state index in [1.165, 1.54) is 0 Å². The summed E-state index contributed by atoms with van der Waals surface area (Å²) in [6.45, 7) is 1.97. The molecule has 1 aromatic heterocycles. The molecule has 0 aliphatic carbocycles. The van der Waals surface area contributed by atoms with Gasteiger partial charge in [-0.2, -0.15) is 18.2 Å². The van der Waals surface area contributed by atoms with Gasteiger partial charge < -0.3 is 4.52 Å². The molecule has 0 saturated carbocycles. The third-order valence-electron chi connectivity index (χ3n) is 1.89. The van der Waals surface area contributed by atoms with E-state index in [2.05, 4.69) is 14.7 Å². The van der Waals surface area contributed by atoms with Crippen molar-refractivity contribution < 1.29 is 22.5 Å². The number of unbranched alkanes of at least 4 members (excludes halogenated alkanes) is 1. The maximum Gasteiger partial charge on any atom is 0.450 e. The Kier molecular flexibility index (Phi) is 4.03. The first kappa shape index (κ1) is 12.7. The zero-order chi connectivity index (χ0) is 12.2. The van der Waals surface area contributed by atoms with Crippen LogP contribution in [-0.2, 0) is 17.6 Å². The summed E-state index contributed by atoms with van der Waals surface area (Å²) in [5.41, 5.74) is 0. The lowest BCUT2D eigenvalue weighted by molar-refractivity contribution is -0.170. The molecule has 0 radical (unpaired) electrons. The number of aryl methyl sites for hydroxylation is 1. The smallest absolute Gasteiger partial charge is 0.339 e. The van der Waals surface area contributed by atoms with Crippen molar-refractivity contribution in [2.75, 3.05) is 0 Å². The van der Waals surface area contributed by atoms with E-state index in [9.17, 15) is 18.0 Å². The molecule has 1 heterocycles. The number of Topliss-reactive ketones (excluding diaryl/α,β-unsaturated/α-hetero) is 1. The minimum absolute atomic E-state index is 0.284. The zero-order valence-corrected chi connectivity index (χ0v) is 8.67. The number of rotatable bonds is 5. The van der Waals surface area contributed by atoms with Crippen LogP contribution in [0.5, 0.6) is 0 Å². The van der Waals surface area contributed by atoms with Crippen LogP contribution in [0.15, 0.2) is 4.52 Å². The van der Waals surface area contributed by atoms with E-state index in [1.54, 1.807) is 0 Å². The first-order chi connectivity index (χ1) is 7.43. The van der Waals surface area contributed by atoms with Gasteiger partial charge in [-0.15, -0.1) is 0 Å². The third kappa shape index (κ3) is 3.63. The largest absolute Gasteiger partial charge is 0.450 e. The average Bonchev–Trinajstić information content (AvgIpc) is 2.61. The summed E-state index contributed by atoms with van der Waals surface area (Å²) < 4.78 is 40.3. The highest BCUT2D eigenvalue weighted by Gasteiger charge is 2.39. The van der Waals surface area contributed by atoms with Crippen LogP contribution < -0.4 is 0 Å². The van der Waals surface area contributed by atoms with Gasteiger partial charge in [-0.1, -0.05) is 18.5 Å². The van der Waals surface area contributed by atoms with E-state index in [-0.39, 0.29) is 5.89 Å². The van der Waals surface area contributed by atoms with Crippen LogP contribution in [0.25, 0.3) is 0 Å². The second-order valence-corrected chi connectivity index (χ2v) is 3.31. The van der Waals surface area contributed by atoms with E-state index in [0.29, 0.717) is 12.2 Å². The molecule has 0 saturated heterocycles. The Morgan fingerprint density at radius 2 is 2.12 bits per heavy atom. The molecular formula is C9H11F3N2O2. The Labute approximate surface area is 89.8 Å². The molecule has 1 rings (SSSR count).